The van der Waals surface area contributed by atoms with Crippen molar-refractivity contribution in [1.82, 2.24) is 4.98 Å². The number of pyridine rings is 1. The van der Waals surface area contributed by atoms with Crippen LogP contribution in [-0.2, 0) is 11.8 Å². The molecule has 0 bridgehead atoms. The molecule has 1 heterocycles. The van der Waals surface area contributed by atoms with Crippen LogP contribution in [0, 0.1) is 12.3 Å². The Morgan fingerprint density at radius 2 is 1.69 bits per heavy atom. The first-order chi connectivity index (χ1) is 14.1. The van der Waals surface area contributed by atoms with Gasteiger partial charge in [0.2, 0.25) is 5.88 Å². The molecule has 3 rings (SSSR count). The average Bonchev–Trinajstić information content (AvgIpc) is 2.75. The molecule has 3 aromatic rings. The minimum absolute atomic E-state index is 0.317. The number of aromatic nitrogens is 1. The molecule has 0 saturated heterocycles. The lowest BCUT2D eigenvalue weighted by molar-refractivity contribution is 0.340. The maximum Gasteiger partial charge on any atom is 0.219 e. The van der Waals surface area contributed by atoms with Gasteiger partial charge in [0.05, 0.1) is 12.0 Å². The van der Waals surface area contributed by atoms with E-state index in [0.717, 1.165) is 42.0 Å². The van der Waals surface area contributed by atoms with Gasteiger partial charge in [-0.3, -0.25) is 0 Å². The lowest BCUT2D eigenvalue weighted by Gasteiger charge is -2.24. The lowest BCUT2D eigenvalue weighted by atomic mass is 9.79. The summed E-state index contributed by atoms with van der Waals surface area (Å²) in [5.74, 6) is 5.26. The quantitative estimate of drug-likeness (QED) is 0.412. The van der Waals surface area contributed by atoms with Crippen molar-refractivity contribution in [3.05, 3.63) is 84.1 Å². The van der Waals surface area contributed by atoms with Crippen molar-refractivity contribution in [2.75, 3.05) is 6.61 Å². The predicted octanol–water partition coefficient (Wildman–Crippen LogP) is 6.19. The fraction of sp³-hybridized carbons (Fsp3) is 0.269. The van der Waals surface area contributed by atoms with Crippen molar-refractivity contribution in [2.45, 2.75) is 38.5 Å². The number of rotatable bonds is 9. The highest BCUT2D eigenvalue weighted by molar-refractivity contribution is 5.37. The zero-order valence-corrected chi connectivity index (χ0v) is 17.1. The number of terminal acetylenes is 1. The van der Waals surface area contributed by atoms with E-state index >= 15 is 0 Å². The van der Waals surface area contributed by atoms with Crippen molar-refractivity contribution in [3.8, 4) is 29.7 Å². The van der Waals surface area contributed by atoms with Crippen LogP contribution in [0.25, 0.3) is 0 Å². The molecule has 0 aliphatic heterocycles. The molecule has 3 nitrogen and oxygen atoms in total. The number of aryl methyl sites for hydroxylation is 1. The third kappa shape index (κ3) is 5.62. The van der Waals surface area contributed by atoms with Crippen LogP contribution in [0.1, 0.15) is 37.9 Å². The number of benzene rings is 2. The second-order valence-electron chi connectivity index (χ2n) is 7.17. The van der Waals surface area contributed by atoms with Crippen LogP contribution >= 0.6 is 0 Å². The van der Waals surface area contributed by atoms with Gasteiger partial charge in [0.25, 0.3) is 0 Å². The van der Waals surface area contributed by atoms with Crippen molar-refractivity contribution in [3.63, 3.8) is 0 Å². The standard InChI is InChI=1S/C26H27NO2/c1-4-26(3,21-16-18-23(19-17-21)28-5-2)20-10-12-22-11-9-15-25(27-22)29-24-13-7-6-8-14-24/h1,6-9,11,13-19H,5,10,12,20H2,2-3H3. The second-order valence-corrected chi connectivity index (χ2v) is 7.17. The topological polar surface area (TPSA) is 31.4 Å². The summed E-state index contributed by atoms with van der Waals surface area (Å²) in [4.78, 5) is 4.63. The van der Waals surface area contributed by atoms with Gasteiger partial charge >= 0.3 is 0 Å². The van der Waals surface area contributed by atoms with E-state index < -0.39 is 0 Å². The smallest absolute Gasteiger partial charge is 0.219 e. The number of hydrogen-bond donors (Lipinski definition) is 0. The first-order valence-electron chi connectivity index (χ1n) is 10.0. The molecule has 2 aromatic carbocycles. The third-order valence-electron chi connectivity index (χ3n) is 4.98. The van der Waals surface area contributed by atoms with Crippen molar-refractivity contribution >= 4 is 0 Å². The largest absolute Gasteiger partial charge is 0.494 e. The van der Waals surface area contributed by atoms with Crippen LogP contribution in [0.5, 0.6) is 17.4 Å². The van der Waals surface area contributed by atoms with Gasteiger partial charge in [-0.05, 0) is 69.0 Å². The lowest BCUT2D eigenvalue weighted by Crippen LogP contribution is -2.19. The van der Waals surface area contributed by atoms with Crippen LogP contribution in [-0.4, -0.2) is 11.6 Å². The Hall–Kier alpha value is -3.25. The van der Waals surface area contributed by atoms with Gasteiger partial charge in [-0.1, -0.05) is 42.3 Å². The third-order valence-corrected chi connectivity index (χ3v) is 4.98. The van der Waals surface area contributed by atoms with E-state index in [9.17, 15) is 0 Å². The highest BCUT2D eigenvalue weighted by Gasteiger charge is 2.23. The molecular formula is C26H27NO2. The van der Waals surface area contributed by atoms with Crippen molar-refractivity contribution in [1.29, 1.82) is 0 Å². The summed E-state index contributed by atoms with van der Waals surface area (Å²) in [6.45, 7) is 4.75. The molecule has 1 unspecified atom stereocenters. The molecule has 29 heavy (non-hydrogen) atoms. The zero-order valence-electron chi connectivity index (χ0n) is 17.1. The number of ether oxygens (including phenoxy) is 2. The van der Waals surface area contributed by atoms with E-state index in [-0.39, 0.29) is 5.41 Å². The van der Waals surface area contributed by atoms with Crippen LogP contribution in [0.15, 0.2) is 72.8 Å². The molecule has 3 heteroatoms. The molecule has 0 N–H and O–H groups in total. The molecule has 1 aromatic heterocycles. The Kier molecular flexibility index (Phi) is 6.92. The SMILES string of the molecule is C#CC(C)(CCCc1cccc(Oc2ccccc2)n1)c1ccc(OCC)cc1. The second kappa shape index (κ2) is 9.80. The molecule has 0 saturated carbocycles. The van der Waals surface area contributed by atoms with Gasteiger partial charge in [0, 0.05) is 11.8 Å². The van der Waals surface area contributed by atoms with E-state index in [2.05, 4.69) is 30.0 Å². The fourth-order valence-corrected chi connectivity index (χ4v) is 3.27. The van der Waals surface area contributed by atoms with Gasteiger partial charge in [-0.2, -0.15) is 0 Å². The molecule has 148 valence electrons. The van der Waals surface area contributed by atoms with Crippen LogP contribution in [0.2, 0.25) is 0 Å². The number of nitrogens with zero attached hydrogens (tertiary/aromatic N) is 1. The van der Waals surface area contributed by atoms with Crippen molar-refractivity contribution in [2.24, 2.45) is 0 Å². The maximum atomic E-state index is 5.91. The zero-order chi connectivity index (χ0) is 20.5. The van der Waals surface area contributed by atoms with Crippen LogP contribution < -0.4 is 9.47 Å². The normalized spacial score (nSPS) is 12.6. The van der Waals surface area contributed by atoms with E-state index in [1.807, 2.05) is 67.6 Å². The van der Waals surface area contributed by atoms with Crippen LogP contribution in [0.3, 0.4) is 0 Å². The Morgan fingerprint density at radius 3 is 2.38 bits per heavy atom. The van der Waals surface area contributed by atoms with Gasteiger partial charge in [0.15, 0.2) is 0 Å². The molecule has 0 amide bonds. The van der Waals surface area contributed by atoms with E-state index in [1.54, 1.807) is 0 Å². The Morgan fingerprint density at radius 1 is 0.931 bits per heavy atom. The minimum atomic E-state index is -0.317. The summed E-state index contributed by atoms with van der Waals surface area (Å²) in [6, 6.07) is 23.7. The fourth-order valence-electron chi connectivity index (χ4n) is 3.27. The summed E-state index contributed by atoms with van der Waals surface area (Å²) in [6.07, 6.45) is 8.57. The number of hydrogen-bond acceptors (Lipinski definition) is 3. The Balaban J connectivity index is 1.60. The summed E-state index contributed by atoms with van der Waals surface area (Å²) in [5.41, 5.74) is 1.82. The highest BCUT2D eigenvalue weighted by Crippen LogP contribution is 2.30. The first kappa shape index (κ1) is 20.5. The summed E-state index contributed by atoms with van der Waals surface area (Å²) in [7, 11) is 0. The molecule has 0 radical (unpaired) electrons. The molecule has 0 aliphatic carbocycles. The summed E-state index contributed by atoms with van der Waals surface area (Å²) >= 11 is 0. The minimum Gasteiger partial charge on any atom is -0.494 e. The van der Waals surface area contributed by atoms with Gasteiger partial charge in [-0.15, -0.1) is 6.42 Å². The molecule has 0 spiro atoms. The monoisotopic (exact) mass is 385 g/mol. The molecular weight excluding hydrogens is 358 g/mol. The van der Waals surface area contributed by atoms with Gasteiger partial charge in [-0.25, -0.2) is 4.98 Å². The predicted molar refractivity (Wildman–Crippen MR) is 117 cm³/mol. The first-order valence-corrected chi connectivity index (χ1v) is 10.0. The Bertz CT molecular complexity index is 944. The molecule has 0 fully saturated rings. The molecule has 0 aliphatic rings. The van der Waals surface area contributed by atoms with E-state index in [1.165, 1.54) is 0 Å². The number of para-hydroxylation sites is 1. The molecule has 1 atom stereocenters. The van der Waals surface area contributed by atoms with Gasteiger partial charge < -0.3 is 9.47 Å². The van der Waals surface area contributed by atoms with Crippen LogP contribution in [0.4, 0.5) is 0 Å². The van der Waals surface area contributed by atoms with E-state index in [4.69, 9.17) is 15.9 Å². The Labute approximate surface area is 173 Å². The van der Waals surface area contributed by atoms with Crippen molar-refractivity contribution < 1.29 is 9.47 Å². The van der Waals surface area contributed by atoms with Gasteiger partial charge in [0.1, 0.15) is 11.5 Å². The summed E-state index contributed by atoms with van der Waals surface area (Å²) in [5, 5.41) is 0. The highest BCUT2D eigenvalue weighted by atomic mass is 16.5. The van der Waals surface area contributed by atoms with E-state index in [0.29, 0.717) is 12.5 Å². The maximum absolute atomic E-state index is 5.91. The average molecular weight is 386 g/mol. The summed E-state index contributed by atoms with van der Waals surface area (Å²) < 4.78 is 11.4.